The molecule has 3 rings (SSSR count). The molecular formula is C26H39F3O. The minimum absolute atomic E-state index is 0.0711. The molecule has 0 radical (unpaired) electrons. The van der Waals surface area contributed by atoms with Gasteiger partial charge in [-0.2, -0.15) is 0 Å². The van der Waals surface area contributed by atoms with Crippen LogP contribution in [0.2, 0.25) is 0 Å². The quantitative estimate of drug-likeness (QED) is 0.379. The van der Waals surface area contributed by atoms with Crippen molar-refractivity contribution in [2.45, 2.75) is 110 Å². The maximum Gasteiger partial charge on any atom is 0.573 e. The Kier molecular flexibility index (Phi) is 8.53. The van der Waals surface area contributed by atoms with Crippen LogP contribution < -0.4 is 4.74 Å². The summed E-state index contributed by atoms with van der Waals surface area (Å²) < 4.78 is 42.1. The van der Waals surface area contributed by atoms with Gasteiger partial charge in [0, 0.05) is 0 Å². The highest BCUT2D eigenvalue weighted by Gasteiger charge is 2.33. The molecule has 0 spiro atoms. The van der Waals surface area contributed by atoms with Gasteiger partial charge in [-0.15, -0.1) is 13.2 Å². The van der Waals surface area contributed by atoms with E-state index in [1.54, 1.807) is 6.07 Å². The fourth-order valence-electron chi connectivity index (χ4n) is 6.01. The van der Waals surface area contributed by atoms with E-state index >= 15 is 0 Å². The molecule has 0 saturated heterocycles. The number of halogens is 3. The number of hydrogen-bond donors (Lipinski definition) is 0. The summed E-state index contributed by atoms with van der Waals surface area (Å²) in [5, 5.41) is 0. The summed E-state index contributed by atoms with van der Waals surface area (Å²) in [4.78, 5) is 0. The second-order valence-electron chi connectivity index (χ2n) is 9.65. The fraction of sp³-hybridized carbons (Fsp3) is 0.769. The highest BCUT2D eigenvalue weighted by molar-refractivity contribution is 5.38. The Morgan fingerprint density at radius 2 is 1.50 bits per heavy atom. The zero-order valence-corrected chi connectivity index (χ0v) is 18.8. The Balaban J connectivity index is 1.52. The Bertz CT molecular complexity index is 638. The lowest BCUT2D eigenvalue weighted by atomic mass is 9.67. The van der Waals surface area contributed by atoms with Crippen LogP contribution in [0.1, 0.15) is 108 Å². The van der Waals surface area contributed by atoms with E-state index in [0.717, 1.165) is 42.6 Å². The molecule has 170 valence electrons. The molecule has 0 N–H and O–H groups in total. The Morgan fingerprint density at radius 1 is 0.867 bits per heavy atom. The first-order valence-corrected chi connectivity index (χ1v) is 12.3. The van der Waals surface area contributed by atoms with E-state index in [4.69, 9.17) is 0 Å². The van der Waals surface area contributed by atoms with Gasteiger partial charge in [0.25, 0.3) is 0 Å². The van der Waals surface area contributed by atoms with Crippen molar-refractivity contribution < 1.29 is 17.9 Å². The average molecular weight is 425 g/mol. The molecule has 0 bridgehead atoms. The fourth-order valence-corrected chi connectivity index (χ4v) is 6.01. The molecule has 0 amide bonds. The first-order chi connectivity index (χ1) is 14.4. The summed E-state index contributed by atoms with van der Waals surface area (Å²) in [5.41, 5.74) is 2.25. The zero-order valence-electron chi connectivity index (χ0n) is 18.8. The topological polar surface area (TPSA) is 9.23 Å². The van der Waals surface area contributed by atoms with Crippen molar-refractivity contribution in [1.82, 2.24) is 0 Å². The molecule has 0 aliphatic heterocycles. The summed E-state index contributed by atoms with van der Waals surface area (Å²) in [5.74, 6) is 2.95. The first-order valence-electron chi connectivity index (χ1n) is 12.3. The number of benzene rings is 1. The number of ether oxygens (including phenoxy) is 1. The summed E-state index contributed by atoms with van der Waals surface area (Å²) in [6.07, 6.45) is 12.0. The molecule has 0 aromatic heterocycles. The monoisotopic (exact) mass is 424 g/mol. The normalized spacial score (nSPS) is 27.8. The van der Waals surface area contributed by atoms with E-state index in [9.17, 15) is 13.2 Å². The summed E-state index contributed by atoms with van der Waals surface area (Å²) in [6.45, 7) is 4.35. The van der Waals surface area contributed by atoms with E-state index in [1.807, 2.05) is 6.07 Å². The van der Waals surface area contributed by atoms with Gasteiger partial charge >= 0.3 is 6.36 Å². The molecule has 4 heteroatoms. The molecule has 0 heterocycles. The SMILES string of the molecule is CCCCCC1CCC(C2CCC(c3cc(OC(F)(F)F)ccc3CC)CC2)CC1. The molecule has 1 nitrogen and oxygen atoms in total. The van der Waals surface area contributed by atoms with Crippen LogP contribution >= 0.6 is 0 Å². The van der Waals surface area contributed by atoms with Crippen molar-refractivity contribution in [3.63, 3.8) is 0 Å². The first kappa shape index (κ1) is 23.5. The van der Waals surface area contributed by atoms with E-state index in [0.29, 0.717) is 5.92 Å². The largest absolute Gasteiger partial charge is 0.573 e. The summed E-state index contributed by atoms with van der Waals surface area (Å²) in [7, 11) is 0. The van der Waals surface area contributed by atoms with Crippen molar-refractivity contribution in [3.05, 3.63) is 29.3 Å². The van der Waals surface area contributed by atoms with Crippen LogP contribution in [0.5, 0.6) is 5.75 Å². The smallest absolute Gasteiger partial charge is 0.406 e. The van der Waals surface area contributed by atoms with E-state index in [-0.39, 0.29) is 5.75 Å². The summed E-state index contributed by atoms with van der Waals surface area (Å²) >= 11 is 0. The molecule has 2 fully saturated rings. The number of hydrogen-bond acceptors (Lipinski definition) is 1. The minimum Gasteiger partial charge on any atom is -0.406 e. The minimum atomic E-state index is -4.63. The molecule has 2 aliphatic rings. The number of aryl methyl sites for hydroxylation is 1. The van der Waals surface area contributed by atoms with Crippen LogP contribution in [0, 0.1) is 17.8 Å². The van der Waals surface area contributed by atoms with Crippen LogP contribution in [0.3, 0.4) is 0 Å². The third kappa shape index (κ3) is 6.65. The van der Waals surface area contributed by atoms with E-state index in [2.05, 4.69) is 18.6 Å². The van der Waals surface area contributed by atoms with Crippen LogP contribution in [-0.2, 0) is 6.42 Å². The highest BCUT2D eigenvalue weighted by atomic mass is 19.4. The van der Waals surface area contributed by atoms with Gasteiger partial charge in [0.15, 0.2) is 0 Å². The Labute approximate surface area is 180 Å². The number of unbranched alkanes of at least 4 members (excludes halogenated alkanes) is 2. The molecule has 30 heavy (non-hydrogen) atoms. The highest BCUT2D eigenvalue weighted by Crippen LogP contribution is 2.45. The lowest BCUT2D eigenvalue weighted by Crippen LogP contribution is -2.25. The molecule has 2 aliphatic carbocycles. The second-order valence-corrected chi connectivity index (χ2v) is 9.65. The predicted molar refractivity (Wildman–Crippen MR) is 117 cm³/mol. The number of rotatable bonds is 8. The van der Waals surface area contributed by atoms with Gasteiger partial charge < -0.3 is 4.74 Å². The van der Waals surface area contributed by atoms with Crippen LogP contribution in [-0.4, -0.2) is 6.36 Å². The van der Waals surface area contributed by atoms with Crippen molar-refractivity contribution in [3.8, 4) is 5.75 Å². The Morgan fingerprint density at radius 3 is 2.07 bits per heavy atom. The molecule has 1 aromatic carbocycles. The molecule has 1 aromatic rings. The number of alkyl halides is 3. The zero-order chi connectivity index (χ0) is 21.6. The van der Waals surface area contributed by atoms with E-state index < -0.39 is 6.36 Å². The molecular weight excluding hydrogens is 385 g/mol. The van der Waals surface area contributed by atoms with Gasteiger partial charge in [0.2, 0.25) is 0 Å². The molecule has 2 saturated carbocycles. The van der Waals surface area contributed by atoms with Crippen molar-refractivity contribution in [1.29, 1.82) is 0 Å². The van der Waals surface area contributed by atoms with Crippen LogP contribution in [0.4, 0.5) is 13.2 Å². The standard InChI is InChI=1S/C26H39F3O/c1-3-5-6-7-19-8-10-21(11-9-19)22-12-14-23(15-13-22)25-18-24(30-26(27,28)29)17-16-20(25)4-2/h16-19,21-23H,3-15H2,1-2H3. The van der Waals surface area contributed by atoms with Crippen molar-refractivity contribution >= 4 is 0 Å². The van der Waals surface area contributed by atoms with Crippen LogP contribution in [0.15, 0.2) is 18.2 Å². The van der Waals surface area contributed by atoms with Gasteiger partial charge in [-0.25, -0.2) is 0 Å². The third-order valence-electron chi connectivity index (χ3n) is 7.72. The Hall–Kier alpha value is -1.19. The van der Waals surface area contributed by atoms with Crippen LogP contribution in [0.25, 0.3) is 0 Å². The van der Waals surface area contributed by atoms with E-state index in [1.165, 1.54) is 75.8 Å². The van der Waals surface area contributed by atoms with Crippen molar-refractivity contribution in [2.75, 3.05) is 0 Å². The average Bonchev–Trinajstić information content (AvgIpc) is 2.73. The van der Waals surface area contributed by atoms with Crippen molar-refractivity contribution in [2.24, 2.45) is 17.8 Å². The summed E-state index contributed by atoms with van der Waals surface area (Å²) in [6, 6.07) is 4.93. The van der Waals surface area contributed by atoms with Gasteiger partial charge in [0.1, 0.15) is 5.75 Å². The van der Waals surface area contributed by atoms with Gasteiger partial charge in [0.05, 0.1) is 0 Å². The third-order valence-corrected chi connectivity index (χ3v) is 7.72. The maximum atomic E-state index is 12.6. The van der Waals surface area contributed by atoms with Gasteiger partial charge in [-0.3, -0.25) is 0 Å². The lowest BCUT2D eigenvalue weighted by molar-refractivity contribution is -0.274. The van der Waals surface area contributed by atoms with Gasteiger partial charge in [-0.05, 0) is 91.9 Å². The second kappa shape index (κ2) is 10.9. The molecule has 0 atom stereocenters. The predicted octanol–water partition coefficient (Wildman–Crippen LogP) is 8.81. The lowest BCUT2D eigenvalue weighted by Gasteiger charge is -2.38. The maximum absolute atomic E-state index is 12.6. The molecule has 0 unspecified atom stereocenters. The van der Waals surface area contributed by atoms with Gasteiger partial charge in [-0.1, -0.05) is 58.4 Å².